The van der Waals surface area contributed by atoms with E-state index in [4.69, 9.17) is 5.26 Å². The fourth-order valence-electron chi connectivity index (χ4n) is 2.48. The van der Waals surface area contributed by atoms with Crippen molar-refractivity contribution in [3.63, 3.8) is 0 Å². The van der Waals surface area contributed by atoms with Crippen molar-refractivity contribution in [2.75, 3.05) is 10.6 Å². The summed E-state index contributed by atoms with van der Waals surface area (Å²) in [7, 11) is 0. The van der Waals surface area contributed by atoms with Crippen molar-refractivity contribution in [3.8, 4) is 6.07 Å². The number of carbonyl (C=O) groups excluding carboxylic acids is 2. The average Bonchev–Trinajstić information content (AvgIpc) is 2.68. The van der Waals surface area contributed by atoms with Crippen LogP contribution in [0.25, 0.3) is 0 Å². The van der Waals surface area contributed by atoms with Crippen LogP contribution in [-0.2, 0) is 0 Å². The quantitative estimate of drug-likeness (QED) is 0.744. The molecular formula is C21H16N4O2. The highest BCUT2D eigenvalue weighted by Crippen LogP contribution is 2.14. The van der Waals surface area contributed by atoms with E-state index in [0.29, 0.717) is 22.5 Å². The predicted molar refractivity (Wildman–Crippen MR) is 102 cm³/mol. The number of nitrogens with zero attached hydrogens (tertiary/aromatic N) is 2. The van der Waals surface area contributed by atoms with Crippen LogP contribution in [0.5, 0.6) is 0 Å². The van der Waals surface area contributed by atoms with E-state index in [2.05, 4.69) is 15.6 Å². The van der Waals surface area contributed by atoms with Gasteiger partial charge in [-0.1, -0.05) is 18.2 Å². The van der Waals surface area contributed by atoms with Crippen LogP contribution in [0.3, 0.4) is 0 Å². The molecule has 0 bridgehead atoms. The summed E-state index contributed by atoms with van der Waals surface area (Å²) in [4.78, 5) is 28.9. The monoisotopic (exact) mass is 356 g/mol. The van der Waals surface area contributed by atoms with Gasteiger partial charge in [-0.2, -0.15) is 5.26 Å². The summed E-state index contributed by atoms with van der Waals surface area (Å²) >= 11 is 0. The first-order chi connectivity index (χ1) is 13.0. The minimum absolute atomic E-state index is 0.134. The number of rotatable bonds is 4. The second kappa shape index (κ2) is 7.93. The molecule has 2 N–H and O–H groups in total. The molecule has 0 atom stereocenters. The Morgan fingerprint density at radius 3 is 2.37 bits per heavy atom. The SMILES string of the molecule is Cc1cccc(NC(=O)c2cc(C(=O)Nc3cccc(C#N)c3)ccn2)c1. The number of nitriles is 1. The Kier molecular flexibility index (Phi) is 5.24. The maximum absolute atomic E-state index is 12.4. The zero-order chi connectivity index (χ0) is 19.2. The molecule has 0 saturated heterocycles. The molecule has 6 nitrogen and oxygen atoms in total. The molecule has 132 valence electrons. The third-order valence-corrected chi connectivity index (χ3v) is 3.78. The van der Waals surface area contributed by atoms with E-state index in [1.165, 1.54) is 18.3 Å². The highest BCUT2D eigenvalue weighted by molar-refractivity contribution is 6.07. The molecule has 0 aliphatic carbocycles. The van der Waals surface area contributed by atoms with Gasteiger partial charge in [-0.15, -0.1) is 0 Å². The van der Waals surface area contributed by atoms with Gasteiger partial charge in [0.25, 0.3) is 11.8 Å². The summed E-state index contributed by atoms with van der Waals surface area (Å²) in [5.41, 5.74) is 3.05. The first-order valence-corrected chi connectivity index (χ1v) is 8.21. The third-order valence-electron chi connectivity index (χ3n) is 3.78. The van der Waals surface area contributed by atoms with E-state index in [0.717, 1.165) is 5.56 Å². The summed E-state index contributed by atoms with van der Waals surface area (Å²) in [5, 5.41) is 14.4. The Bertz CT molecular complexity index is 1050. The van der Waals surface area contributed by atoms with Gasteiger partial charge in [-0.3, -0.25) is 14.6 Å². The van der Waals surface area contributed by atoms with E-state index < -0.39 is 11.8 Å². The molecule has 0 aliphatic rings. The van der Waals surface area contributed by atoms with Crippen molar-refractivity contribution < 1.29 is 9.59 Å². The summed E-state index contributed by atoms with van der Waals surface area (Å²) in [6.07, 6.45) is 1.41. The molecule has 0 spiro atoms. The second-order valence-electron chi connectivity index (χ2n) is 5.90. The summed E-state index contributed by atoms with van der Waals surface area (Å²) in [5.74, 6) is -0.793. The smallest absolute Gasteiger partial charge is 0.274 e. The van der Waals surface area contributed by atoms with Crippen LogP contribution in [0.2, 0.25) is 0 Å². The first-order valence-electron chi connectivity index (χ1n) is 8.21. The molecule has 6 heteroatoms. The van der Waals surface area contributed by atoms with Gasteiger partial charge in [0.1, 0.15) is 5.69 Å². The fraction of sp³-hybridized carbons (Fsp3) is 0.0476. The van der Waals surface area contributed by atoms with Crippen LogP contribution >= 0.6 is 0 Å². The number of hydrogen-bond donors (Lipinski definition) is 2. The minimum atomic E-state index is -0.401. The number of benzene rings is 2. The average molecular weight is 356 g/mol. The third kappa shape index (κ3) is 4.55. The van der Waals surface area contributed by atoms with Crippen molar-refractivity contribution in [1.29, 1.82) is 5.26 Å². The Hall–Kier alpha value is -3.98. The Balaban J connectivity index is 1.75. The number of amides is 2. The van der Waals surface area contributed by atoms with Crippen molar-refractivity contribution >= 4 is 23.2 Å². The molecule has 0 aliphatic heterocycles. The van der Waals surface area contributed by atoms with Crippen molar-refractivity contribution in [3.05, 3.63) is 89.2 Å². The fourth-order valence-corrected chi connectivity index (χ4v) is 2.48. The lowest BCUT2D eigenvalue weighted by atomic mass is 10.1. The summed E-state index contributed by atoms with van der Waals surface area (Å²) < 4.78 is 0. The van der Waals surface area contributed by atoms with Crippen LogP contribution in [0.4, 0.5) is 11.4 Å². The van der Waals surface area contributed by atoms with E-state index in [1.54, 1.807) is 30.3 Å². The first kappa shape index (κ1) is 17.8. The highest BCUT2D eigenvalue weighted by atomic mass is 16.2. The van der Waals surface area contributed by atoms with Crippen molar-refractivity contribution in [1.82, 2.24) is 4.98 Å². The number of anilines is 2. The standard InChI is InChI=1S/C21H16N4O2/c1-14-4-2-6-17(10-14)25-21(27)19-12-16(8-9-23-19)20(26)24-18-7-3-5-15(11-18)13-22/h2-12H,1H3,(H,24,26)(H,25,27). The number of hydrogen-bond acceptors (Lipinski definition) is 4. The predicted octanol–water partition coefficient (Wildman–Crippen LogP) is 3.77. The summed E-state index contributed by atoms with van der Waals surface area (Å²) in [6.45, 7) is 1.93. The normalized spacial score (nSPS) is 9.93. The summed E-state index contributed by atoms with van der Waals surface area (Å²) in [6, 6.07) is 19.0. The highest BCUT2D eigenvalue weighted by Gasteiger charge is 2.13. The Morgan fingerprint density at radius 2 is 1.63 bits per heavy atom. The van der Waals surface area contributed by atoms with E-state index in [9.17, 15) is 9.59 Å². The van der Waals surface area contributed by atoms with Crippen molar-refractivity contribution in [2.24, 2.45) is 0 Å². The van der Waals surface area contributed by atoms with Crippen LogP contribution in [-0.4, -0.2) is 16.8 Å². The van der Waals surface area contributed by atoms with Crippen LogP contribution in [0.15, 0.2) is 66.9 Å². The minimum Gasteiger partial charge on any atom is -0.322 e. The zero-order valence-corrected chi connectivity index (χ0v) is 14.6. The molecule has 0 unspecified atom stereocenters. The molecule has 2 aromatic carbocycles. The number of carbonyl (C=O) groups is 2. The van der Waals surface area contributed by atoms with Gasteiger partial charge in [0.05, 0.1) is 11.6 Å². The van der Waals surface area contributed by atoms with Gasteiger partial charge in [0.2, 0.25) is 0 Å². The van der Waals surface area contributed by atoms with Gasteiger partial charge < -0.3 is 10.6 Å². The van der Waals surface area contributed by atoms with Crippen molar-refractivity contribution in [2.45, 2.75) is 6.92 Å². The Labute approximate surface area is 156 Å². The number of aryl methyl sites for hydroxylation is 1. The number of aromatic nitrogens is 1. The molecule has 3 rings (SSSR count). The van der Waals surface area contributed by atoms with Crippen LogP contribution in [0, 0.1) is 18.3 Å². The molecule has 27 heavy (non-hydrogen) atoms. The van der Waals surface area contributed by atoms with Gasteiger partial charge in [0.15, 0.2) is 0 Å². The number of nitrogens with one attached hydrogen (secondary N) is 2. The molecule has 0 radical (unpaired) electrons. The maximum atomic E-state index is 12.4. The van der Waals surface area contributed by atoms with Gasteiger partial charge in [0, 0.05) is 23.1 Å². The van der Waals surface area contributed by atoms with Gasteiger partial charge in [-0.05, 0) is 55.0 Å². The largest absolute Gasteiger partial charge is 0.322 e. The molecule has 0 fully saturated rings. The lowest BCUT2D eigenvalue weighted by molar-refractivity contribution is 0.102. The molecule has 1 heterocycles. The van der Waals surface area contributed by atoms with E-state index >= 15 is 0 Å². The van der Waals surface area contributed by atoms with Crippen LogP contribution < -0.4 is 10.6 Å². The van der Waals surface area contributed by atoms with Gasteiger partial charge in [-0.25, -0.2) is 0 Å². The second-order valence-corrected chi connectivity index (χ2v) is 5.90. The van der Waals surface area contributed by atoms with E-state index in [1.807, 2.05) is 31.2 Å². The topological polar surface area (TPSA) is 94.9 Å². The molecule has 2 amide bonds. The lowest BCUT2D eigenvalue weighted by Gasteiger charge is -2.08. The van der Waals surface area contributed by atoms with Crippen LogP contribution in [0.1, 0.15) is 32.0 Å². The molecule has 0 saturated carbocycles. The molecule has 3 aromatic rings. The Morgan fingerprint density at radius 1 is 0.926 bits per heavy atom. The zero-order valence-electron chi connectivity index (χ0n) is 14.6. The number of pyridine rings is 1. The maximum Gasteiger partial charge on any atom is 0.274 e. The lowest BCUT2D eigenvalue weighted by Crippen LogP contribution is -2.17. The van der Waals surface area contributed by atoms with Gasteiger partial charge >= 0.3 is 0 Å². The molecule has 1 aromatic heterocycles. The van der Waals surface area contributed by atoms with E-state index in [-0.39, 0.29) is 5.69 Å². The molecular weight excluding hydrogens is 340 g/mol.